The highest BCUT2D eigenvalue weighted by molar-refractivity contribution is 5.66. The Morgan fingerprint density at radius 3 is 2.85 bits per heavy atom. The van der Waals surface area contributed by atoms with Crippen LogP contribution in [0.1, 0.15) is 56.9 Å². The molecule has 1 saturated carbocycles. The Hall–Kier alpha value is -2.15. The van der Waals surface area contributed by atoms with Crippen molar-refractivity contribution in [1.82, 2.24) is 0 Å². The first kappa shape index (κ1) is 24.0. The van der Waals surface area contributed by atoms with Crippen LogP contribution < -0.4 is 0 Å². The Balaban J connectivity index is 1.39. The molecule has 1 aromatic rings. The number of aliphatic carboxylic acids is 1. The Kier molecular flexibility index (Phi) is 8.59. The van der Waals surface area contributed by atoms with Crippen molar-refractivity contribution in [2.45, 2.75) is 82.4 Å². The molecule has 1 aromatic carbocycles. The van der Waals surface area contributed by atoms with Crippen LogP contribution in [0.2, 0.25) is 0 Å². The lowest BCUT2D eigenvalue weighted by Gasteiger charge is -2.27. The molecule has 0 spiro atoms. The average Bonchev–Trinajstić information content (AvgIpc) is 3.32. The number of hydrogen-bond donors (Lipinski definition) is 2. The minimum Gasteiger partial charge on any atom is -0.495 e. The predicted molar refractivity (Wildman–Crippen MR) is 124 cm³/mol. The number of rotatable bonds is 10. The number of allylic oxidation sites excluding steroid dienone is 2. The van der Waals surface area contributed by atoms with Gasteiger partial charge in [-0.15, -0.1) is 0 Å². The van der Waals surface area contributed by atoms with E-state index in [2.05, 4.69) is 24.3 Å². The standard InChI is InChI=1S/C27H36O6/c28-24-18-25-23(17-20(32-25)10-4-5-11-26(29)30)22(24)14-13-21(16-19-8-2-1-3-9-19)33-27-12-6-7-15-31-27/h1-3,8-10,13-14,21-25,27-28H,4-7,11-12,15-18H2,(H,29,30)/b14-13+,20-10-/t21-,22-,23-,24-,25-,27?/m1/s1. The van der Waals surface area contributed by atoms with Crippen LogP contribution in [0.15, 0.2) is 54.3 Å². The maximum atomic E-state index is 10.7. The Morgan fingerprint density at radius 1 is 1.24 bits per heavy atom. The molecule has 180 valence electrons. The largest absolute Gasteiger partial charge is 0.495 e. The first-order chi connectivity index (χ1) is 16.1. The normalized spacial score (nSPS) is 31.5. The molecular formula is C27H36O6. The van der Waals surface area contributed by atoms with Crippen molar-refractivity contribution in [3.63, 3.8) is 0 Å². The zero-order valence-electron chi connectivity index (χ0n) is 19.2. The summed E-state index contributed by atoms with van der Waals surface area (Å²) < 4.78 is 18.2. The summed E-state index contributed by atoms with van der Waals surface area (Å²) in [7, 11) is 0. The van der Waals surface area contributed by atoms with Crippen molar-refractivity contribution in [2.24, 2.45) is 11.8 Å². The van der Waals surface area contributed by atoms with Gasteiger partial charge in [0.2, 0.25) is 0 Å². The Morgan fingerprint density at radius 2 is 2.09 bits per heavy atom. The van der Waals surface area contributed by atoms with Crippen molar-refractivity contribution in [3.8, 4) is 0 Å². The van der Waals surface area contributed by atoms with Crippen molar-refractivity contribution in [2.75, 3.05) is 6.61 Å². The lowest BCUT2D eigenvalue weighted by atomic mass is 9.90. The van der Waals surface area contributed by atoms with E-state index in [1.165, 1.54) is 5.56 Å². The van der Waals surface area contributed by atoms with Gasteiger partial charge in [-0.1, -0.05) is 42.5 Å². The lowest BCUT2D eigenvalue weighted by Crippen LogP contribution is -2.28. The molecule has 6 heteroatoms. The lowest BCUT2D eigenvalue weighted by molar-refractivity contribution is -0.178. The molecule has 2 saturated heterocycles. The fraction of sp³-hybridized carbons (Fsp3) is 0.593. The van der Waals surface area contributed by atoms with Crippen LogP contribution in [0, 0.1) is 11.8 Å². The van der Waals surface area contributed by atoms with Crippen molar-refractivity contribution >= 4 is 5.97 Å². The van der Waals surface area contributed by atoms with Crippen LogP contribution in [0.4, 0.5) is 0 Å². The fourth-order valence-electron chi connectivity index (χ4n) is 5.17. The van der Waals surface area contributed by atoms with E-state index in [0.29, 0.717) is 19.3 Å². The van der Waals surface area contributed by atoms with Gasteiger partial charge in [0.1, 0.15) is 6.10 Å². The van der Waals surface area contributed by atoms with E-state index < -0.39 is 12.1 Å². The second kappa shape index (κ2) is 11.8. The highest BCUT2D eigenvalue weighted by Gasteiger charge is 2.47. The molecular weight excluding hydrogens is 420 g/mol. The van der Waals surface area contributed by atoms with Gasteiger partial charge in [0.05, 0.1) is 18.0 Å². The van der Waals surface area contributed by atoms with Crippen molar-refractivity contribution < 1.29 is 29.2 Å². The minimum absolute atomic E-state index is 0.0223. The number of carbonyl (C=O) groups is 1. The highest BCUT2D eigenvalue weighted by Crippen LogP contribution is 2.45. The molecule has 2 N–H and O–H groups in total. The van der Waals surface area contributed by atoms with E-state index >= 15 is 0 Å². The molecule has 33 heavy (non-hydrogen) atoms. The number of benzene rings is 1. The number of ether oxygens (including phenoxy) is 3. The van der Waals surface area contributed by atoms with Crippen molar-refractivity contribution in [3.05, 3.63) is 59.9 Å². The van der Waals surface area contributed by atoms with Gasteiger partial charge in [-0.05, 0) is 43.7 Å². The van der Waals surface area contributed by atoms with Crippen molar-refractivity contribution in [1.29, 1.82) is 0 Å². The van der Waals surface area contributed by atoms with Gasteiger partial charge in [-0.2, -0.15) is 0 Å². The monoisotopic (exact) mass is 456 g/mol. The molecule has 3 fully saturated rings. The van der Waals surface area contributed by atoms with Crippen LogP contribution in [-0.4, -0.2) is 47.4 Å². The number of unbranched alkanes of at least 4 members (excludes halogenated alkanes) is 1. The number of carboxylic acids is 1. The van der Waals surface area contributed by atoms with Crippen LogP contribution in [-0.2, 0) is 25.4 Å². The summed E-state index contributed by atoms with van der Waals surface area (Å²) in [4.78, 5) is 10.7. The molecule has 0 bridgehead atoms. The zero-order valence-corrected chi connectivity index (χ0v) is 19.2. The maximum absolute atomic E-state index is 10.7. The van der Waals surface area contributed by atoms with E-state index in [1.54, 1.807) is 0 Å². The topological polar surface area (TPSA) is 85.2 Å². The third kappa shape index (κ3) is 6.92. The third-order valence-corrected chi connectivity index (χ3v) is 6.89. The quantitative estimate of drug-likeness (QED) is 0.395. The summed E-state index contributed by atoms with van der Waals surface area (Å²) in [6, 6.07) is 10.3. The van der Waals surface area contributed by atoms with Crippen LogP contribution >= 0.6 is 0 Å². The second-order valence-electron chi connectivity index (χ2n) is 9.41. The molecule has 6 atom stereocenters. The number of fused-ring (bicyclic) bond motifs is 1. The molecule has 4 rings (SSSR count). The summed E-state index contributed by atoms with van der Waals surface area (Å²) in [6.07, 6.45) is 12.4. The van der Waals surface area contributed by atoms with E-state index in [4.69, 9.17) is 19.3 Å². The number of hydrogen-bond acceptors (Lipinski definition) is 5. The zero-order chi connectivity index (χ0) is 23.0. The third-order valence-electron chi connectivity index (χ3n) is 6.89. The smallest absolute Gasteiger partial charge is 0.303 e. The van der Waals surface area contributed by atoms with Crippen LogP contribution in [0.5, 0.6) is 0 Å². The molecule has 0 aromatic heterocycles. The number of aliphatic hydroxyl groups excluding tert-OH is 1. The summed E-state index contributed by atoms with van der Waals surface area (Å²) in [6.45, 7) is 0.746. The van der Waals surface area contributed by atoms with Gasteiger partial charge < -0.3 is 24.4 Å². The van der Waals surface area contributed by atoms with Crippen LogP contribution in [0.3, 0.4) is 0 Å². The summed E-state index contributed by atoms with van der Waals surface area (Å²) in [5.41, 5.74) is 1.21. The Labute approximate surface area is 196 Å². The van der Waals surface area contributed by atoms with Crippen LogP contribution in [0.25, 0.3) is 0 Å². The molecule has 2 heterocycles. The first-order valence-electron chi connectivity index (χ1n) is 12.3. The molecule has 2 aliphatic heterocycles. The minimum atomic E-state index is -0.767. The van der Waals surface area contributed by atoms with E-state index in [0.717, 1.165) is 44.5 Å². The van der Waals surface area contributed by atoms with Gasteiger partial charge in [-0.25, -0.2) is 0 Å². The fourth-order valence-corrected chi connectivity index (χ4v) is 5.17. The number of aliphatic hydroxyl groups is 1. The predicted octanol–water partition coefficient (Wildman–Crippen LogP) is 4.62. The summed E-state index contributed by atoms with van der Waals surface area (Å²) in [5, 5.41) is 19.5. The van der Waals surface area contributed by atoms with Gasteiger partial charge in [0.25, 0.3) is 0 Å². The van der Waals surface area contributed by atoms with Gasteiger partial charge in [0, 0.05) is 44.1 Å². The SMILES string of the molecule is O=C(O)CCC/C=C1/C[C@@H]2[C@@H](/C=C/[C@H](Cc3ccccc3)OC3CCCCO3)[C@H](O)C[C@H]2O1. The van der Waals surface area contributed by atoms with Gasteiger partial charge in [-0.3, -0.25) is 4.79 Å². The summed E-state index contributed by atoms with van der Waals surface area (Å²) >= 11 is 0. The molecule has 1 aliphatic carbocycles. The highest BCUT2D eigenvalue weighted by atomic mass is 16.7. The molecule has 0 amide bonds. The van der Waals surface area contributed by atoms with Gasteiger partial charge in [0.15, 0.2) is 6.29 Å². The molecule has 6 nitrogen and oxygen atoms in total. The van der Waals surface area contributed by atoms with E-state index in [9.17, 15) is 9.90 Å². The molecule has 0 radical (unpaired) electrons. The molecule has 1 unspecified atom stereocenters. The molecule has 3 aliphatic rings. The summed E-state index contributed by atoms with van der Waals surface area (Å²) in [5.74, 6) is 0.435. The first-order valence-corrected chi connectivity index (χ1v) is 12.3. The Bertz CT molecular complexity index is 813. The van der Waals surface area contributed by atoms with E-state index in [-0.39, 0.29) is 36.8 Å². The van der Waals surface area contributed by atoms with E-state index in [1.807, 2.05) is 24.3 Å². The van der Waals surface area contributed by atoms with Gasteiger partial charge >= 0.3 is 5.97 Å². The number of carboxylic acid groups (broad SMARTS) is 1. The second-order valence-corrected chi connectivity index (χ2v) is 9.41. The maximum Gasteiger partial charge on any atom is 0.303 e. The average molecular weight is 457 g/mol.